The highest BCUT2D eigenvalue weighted by Gasteiger charge is 2.21. The van der Waals surface area contributed by atoms with Gasteiger partial charge in [-0.1, -0.05) is 13.0 Å². The van der Waals surface area contributed by atoms with E-state index in [-0.39, 0.29) is 10.6 Å². The molecule has 5 heteroatoms. The number of nitro groups is 1. The van der Waals surface area contributed by atoms with Crippen molar-refractivity contribution in [2.45, 2.75) is 39.2 Å². The van der Waals surface area contributed by atoms with Gasteiger partial charge in [-0.2, -0.15) is 0 Å². The Labute approximate surface area is 120 Å². The molecule has 1 N–H and O–H groups in total. The minimum atomic E-state index is -0.295. The summed E-state index contributed by atoms with van der Waals surface area (Å²) in [6.45, 7) is 6.93. The fraction of sp³-hybridized carbons (Fsp3) is 0.600. The van der Waals surface area contributed by atoms with Gasteiger partial charge in [0.05, 0.1) is 10.5 Å². The molecule has 1 unspecified atom stereocenters. The molecule has 0 aromatic heterocycles. The van der Waals surface area contributed by atoms with Crippen molar-refractivity contribution >= 4 is 11.4 Å². The minimum Gasteiger partial charge on any atom is -0.370 e. The molecule has 1 fully saturated rings. The Morgan fingerprint density at radius 2 is 2.30 bits per heavy atom. The molecule has 1 aliphatic rings. The lowest BCUT2D eigenvalue weighted by molar-refractivity contribution is -0.385. The smallest absolute Gasteiger partial charge is 0.274 e. The normalized spacial score (nSPS) is 18.2. The van der Waals surface area contributed by atoms with Crippen LogP contribution in [0, 0.1) is 17.0 Å². The molecule has 1 saturated heterocycles. The Morgan fingerprint density at radius 1 is 1.50 bits per heavy atom. The van der Waals surface area contributed by atoms with Crippen LogP contribution in [-0.2, 0) is 0 Å². The molecule has 2 rings (SSSR count). The van der Waals surface area contributed by atoms with Crippen molar-refractivity contribution in [2.24, 2.45) is 0 Å². The summed E-state index contributed by atoms with van der Waals surface area (Å²) in [5.74, 6) is 0. The molecule has 20 heavy (non-hydrogen) atoms. The number of anilines is 1. The zero-order valence-corrected chi connectivity index (χ0v) is 12.3. The molecule has 1 aromatic carbocycles. The van der Waals surface area contributed by atoms with E-state index in [1.54, 1.807) is 12.1 Å². The van der Waals surface area contributed by atoms with Gasteiger partial charge in [0.25, 0.3) is 5.69 Å². The van der Waals surface area contributed by atoms with Crippen molar-refractivity contribution in [1.82, 2.24) is 5.32 Å². The number of rotatable bonds is 6. The Balaban J connectivity index is 2.23. The highest BCUT2D eigenvalue weighted by atomic mass is 16.6. The number of nitrogens with zero attached hydrogens (tertiary/aromatic N) is 2. The largest absolute Gasteiger partial charge is 0.370 e. The SMILES string of the molecule is CCCN(CC1CCCN1)c1cccc([N+](=O)[O-])c1C. The van der Waals surface area contributed by atoms with Crippen LogP contribution in [0.2, 0.25) is 0 Å². The van der Waals surface area contributed by atoms with Gasteiger partial charge in [0.2, 0.25) is 0 Å². The Morgan fingerprint density at radius 3 is 2.90 bits per heavy atom. The van der Waals surface area contributed by atoms with Gasteiger partial charge < -0.3 is 10.2 Å². The third kappa shape index (κ3) is 3.28. The first kappa shape index (κ1) is 14.8. The van der Waals surface area contributed by atoms with Crippen LogP contribution >= 0.6 is 0 Å². The summed E-state index contributed by atoms with van der Waals surface area (Å²) in [5.41, 5.74) is 1.97. The van der Waals surface area contributed by atoms with Crippen molar-refractivity contribution < 1.29 is 4.92 Å². The zero-order chi connectivity index (χ0) is 14.5. The first-order chi connectivity index (χ1) is 9.63. The van der Waals surface area contributed by atoms with Crippen molar-refractivity contribution in [1.29, 1.82) is 0 Å². The summed E-state index contributed by atoms with van der Waals surface area (Å²) >= 11 is 0. The first-order valence-corrected chi connectivity index (χ1v) is 7.35. The van der Waals surface area contributed by atoms with E-state index in [0.29, 0.717) is 6.04 Å². The molecule has 0 aliphatic carbocycles. The highest BCUT2D eigenvalue weighted by molar-refractivity contribution is 5.61. The summed E-state index contributed by atoms with van der Waals surface area (Å²) < 4.78 is 0. The second-order valence-electron chi connectivity index (χ2n) is 5.42. The first-order valence-electron chi connectivity index (χ1n) is 7.35. The van der Waals surface area contributed by atoms with Crippen molar-refractivity contribution in [3.63, 3.8) is 0 Å². The molecule has 0 spiro atoms. The van der Waals surface area contributed by atoms with Crippen LogP contribution in [0.1, 0.15) is 31.7 Å². The van der Waals surface area contributed by atoms with Crippen LogP contribution in [0.25, 0.3) is 0 Å². The quantitative estimate of drug-likeness (QED) is 0.641. The van der Waals surface area contributed by atoms with E-state index in [0.717, 1.165) is 37.3 Å². The summed E-state index contributed by atoms with van der Waals surface area (Å²) in [7, 11) is 0. The number of benzene rings is 1. The molecule has 1 atom stereocenters. The lowest BCUT2D eigenvalue weighted by Gasteiger charge is -2.28. The van der Waals surface area contributed by atoms with Gasteiger partial charge in [-0.3, -0.25) is 10.1 Å². The molecular formula is C15H23N3O2. The van der Waals surface area contributed by atoms with Gasteiger partial charge in [-0.05, 0) is 38.8 Å². The summed E-state index contributed by atoms with van der Waals surface area (Å²) in [5, 5.41) is 14.6. The van der Waals surface area contributed by atoms with Crippen LogP contribution in [0.5, 0.6) is 0 Å². The molecule has 0 radical (unpaired) electrons. The van der Waals surface area contributed by atoms with Crippen molar-refractivity contribution in [3.05, 3.63) is 33.9 Å². The molecule has 1 aliphatic heterocycles. The molecule has 1 heterocycles. The molecule has 5 nitrogen and oxygen atoms in total. The lowest BCUT2D eigenvalue weighted by atomic mass is 10.1. The van der Waals surface area contributed by atoms with Crippen LogP contribution in [0.3, 0.4) is 0 Å². The zero-order valence-electron chi connectivity index (χ0n) is 12.3. The fourth-order valence-corrected chi connectivity index (χ4v) is 2.91. The van der Waals surface area contributed by atoms with E-state index in [4.69, 9.17) is 0 Å². The summed E-state index contributed by atoms with van der Waals surface area (Å²) in [6, 6.07) is 5.86. The standard InChI is InChI=1S/C15H23N3O2/c1-3-10-17(11-13-6-5-9-16-13)14-7-4-8-15(12(14)2)18(19)20/h4,7-8,13,16H,3,5-6,9-11H2,1-2H3. The van der Waals surface area contributed by atoms with Crippen molar-refractivity contribution in [3.8, 4) is 0 Å². The van der Waals surface area contributed by atoms with Gasteiger partial charge in [-0.15, -0.1) is 0 Å². The molecule has 0 amide bonds. The van der Waals surface area contributed by atoms with Crippen molar-refractivity contribution in [2.75, 3.05) is 24.5 Å². The van der Waals surface area contributed by atoms with Gasteiger partial charge in [0.1, 0.15) is 0 Å². The molecule has 1 aromatic rings. The second kappa shape index (κ2) is 6.70. The van der Waals surface area contributed by atoms with E-state index in [1.807, 2.05) is 13.0 Å². The summed E-state index contributed by atoms with van der Waals surface area (Å²) in [6.07, 6.45) is 3.45. The van der Waals surface area contributed by atoms with Gasteiger partial charge in [0.15, 0.2) is 0 Å². The van der Waals surface area contributed by atoms with Crippen LogP contribution in [0.15, 0.2) is 18.2 Å². The van der Waals surface area contributed by atoms with Gasteiger partial charge in [-0.25, -0.2) is 0 Å². The average molecular weight is 277 g/mol. The third-order valence-electron chi connectivity index (χ3n) is 3.91. The average Bonchev–Trinajstić information content (AvgIpc) is 2.91. The molecule has 110 valence electrons. The summed E-state index contributed by atoms with van der Waals surface area (Å²) in [4.78, 5) is 13.1. The lowest BCUT2D eigenvalue weighted by Crippen LogP contribution is -2.38. The maximum Gasteiger partial charge on any atom is 0.274 e. The monoisotopic (exact) mass is 277 g/mol. The number of hydrogen-bond donors (Lipinski definition) is 1. The predicted molar refractivity (Wildman–Crippen MR) is 81.4 cm³/mol. The predicted octanol–water partition coefficient (Wildman–Crippen LogP) is 2.87. The topological polar surface area (TPSA) is 58.4 Å². The van der Waals surface area contributed by atoms with Crippen LogP contribution in [-0.4, -0.2) is 30.6 Å². The minimum absolute atomic E-state index is 0.211. The number of hydrogen-bond acceptors (Lipinski definition) is 4. The Kier molecular flexibility index (Phi) is 4.95. The molecule has 0 bridgehead atoms. The molecular weight excluding hydrogens is 254 g/mol. The van der Waals surface area contributed by atoms with E-state index < -0.39 is 0 Å². The van der Waals surface area contributed by atoms with E-state index in [1.165, 1.54) is 12.8 Å². The fourth-order valence-electron chi connectivity index (χ4n) is 2.91. The second-order valence-corrected chi connectivity index (χ2v) is 5.42. The van der Waals surface area contributed by atoms with E-state index in [9.17, 15) is 10.1 Å². The Bertz CT molecular complexity index is 470. The highest BCUT2D eigenvalue weighted by Crippen LogP contribution is 2.29. The maximum absolute atomic E-state index is 11.1. The third-order valence-corrected chi connectivity index (χ3v) is 3.91. The number of nitrogens with one attached hydrogen (secondary N) is 1. The van der Waals surface area contributed by atoms with E-state index in [2.05, 4.69) is 17.1 Å². The Hall–Kier alpha value is -1.62. The number of nitro benzene ring substituents is 1. The molecule has 0 saturated carbocycles. The van der Waals surface area contributed by atoms with E-state index >= 15 is 0 Å². The van der Waals surface area contributed by atoms with Crippen LogP contribution < -0.4 is 10.2 Å². The van der Waals surface area contributed by atoms with Gasteiger partial charge >= 0.3 is 0 Å². The van der Waals surface area contributed by atoms with Gasteiger partial charge in [0, 0.05) is 30.9 Å². The van der Waals surface area contributed by atoms with Crippen LogP contribution in [0.4, 0.5) is 11.4 Å². The maximum atomic E-state index is 11.1.